The molecule has 1 aromatic carbocycles. The molecule has 2 aromatic rings. The summed E-state index contributed by atoms with van der Waals surface area (Å²) in [6.07, 6.45) is 4.46. The highest BCUT2D eigenvalue weighted by molar-refractivity contribution is 6.29. The Morgan fingerprint density at radius 3 is 2.27 bits per heavy atom. The molecule has 1 aromatic heterocycles. The zero-order valence-corrected chi connectivity index (χ0v) is 25.5. The van der Waals surface area contributed by atoms with Crippen molar-refractivity contribution in [1.29, 1.82) is 0 Å². The Morgan fingerprint density at radius 2 is 1.64 bits per heavy atom. The third-order valence-corrected chi connectivity index (χ3v) is 10.3. The molecule has 44 heavy (non-hydrogen) atoms. The minimum atomic E-state index is -4.32. The Kier molecular flexibility index (Phi) is 8.95. The second-order valence-electron chi connectivity index (χ2n) is 13.0. The van der Waals surface area contributed by atoms with Gasteiger partial charge in [0.1, 0.15) is 22.9 Å². The maximum Gasteiger partial charge on any atom is 0.416 e. The van der Waals surface area contributed by atoms with Gasteiger partial charge in [0.2, 0.25) is 5.91 Å². The molecule has 2 saturated carbocycles. The lowest BCUT2D eigenvalue weighted by molar-refractivity contribution is -0.138. The number of hydrogen-bond acceptors (Lipinski definition) is 6. The van der Waals surface area contributed by atoms with E-state index in [0.717, 1.165) is 81.3 Å². The molecule has 0 bridgehead atoms. The molecule has 12 heteroatoms. The number of aromatic nitrogens is 2. The van der Waals surface area contributed by atoms with Crippen molar-refractivity contribution in [2.45, 2.75) is 69.6 Å². The summed E-state index contributed by atoms with van der Waals surface area (Å²) in [6.45, 7) is 4.00. The molecule has 6 rings (SSSR count). The number of nitrogens with zero attached hydrogens (tertiary/aromatic N) is 5. The summed E-state index contributed by atoms with van der Waals surface area (Å²) in [5.41, 5.74) is -0.171. The highest BCUT2D eigenvalue weighted by Crippen LogP contribution is 2.42. The summed E-state index contributed by atoms with van der Waals surface area (Å²) in [5, 5.41) is 0.407. The first kappa shape index (κ1) is 30.9. The predicted octanol–water partition coefficient (Wildman–Crippen LogP) is 6.23. The van der Waals surface area contributed by atoms with Crippen LogP contribution in [0.2, 0.25) is 5.15 Å². The van der Waals surface area contributed by atoms with Crippen LogP contribution in [0.15, 0.2) is 36.7 Å². The average molecular weight is 634 g/mol. The number of halogens is 4. The van der Waals surface area contributed by atoms with E-state index in [-0.39, 0.29) is 17.9 Å². The number of piperazine rings is 1. The monoisotopic (exact) mass is 633 g/mol. The summed E-state index contributed by atoms with van der Waals surface area (Å²) < 4.78 is 44.6. The summed E-state index contributed by atoms with van der Waals surface area (Å²) in [5.74, 6) is 1.77. The molecule has 238 valence electrons. The van der Waals surface area contributed by atoms with Crippen LogP contribution in [-0.4, -0.2) is 76.6 Å². The third kappa shape index (κ3) is 7.08. The van der Waals surface area contributed by atoms with Crippen molar-refractivity contribution in [2.24, 2.45) is 17.8 Å². The summed E-state index contributed by atoms with van der Waals surface area (Å²) in [4.78, 5) is 40.3. The lowest BCUT2D eigenvalue weighted by Gasteiger charge is -2.38. The molecule has 0 N–H and O–H groups in total. The summed E-state index contributed by atoms with van der Waals surface area (Å²) >= 11 is 6.00. The predicted molar refractivity (Wildman–Crippen MR) is 159 cm³/mol. The number of ether oxygens (including phenoxy) is 1. The van der Waals surface area contributed by atoms with E-state index in [1.165, 1.54) is 6.33 Å². The largest absolute Gasteiger partial charge is 0.441 e. The van der Waals surface area contributed by atoms with Crippen LogP contribution in [0.25, 0.3) is 0 Å². The molecule has 0 radical (unpaired) electrons. The van der Waals surface area contributed by atoms with Gasteiger partial charge >= 0.3 is 12.3 Å². The fourth-order valence-electron chi connectivity index (χ4n) is 7.48. The highest BCUT2D eigenvalue weighted by Gasteiger charge is 2.47. The van der Waals surface area contributed by atoms with E-state index in [1.807, 2.05) is 9.80 Å². The second-order valence-corrected chi connectivity index (χ2v) is 13.4. The standard InChI is InChI=1S/C32H39ClF3N5O3/c33-27-18-28(38-21-37-27)39-13-15-40(16-14-39)29(42)25-5-1-24(2-6-25)19-41-20-31(44-30(41)43)11-9-23(10-12-31)17-22-3-7-26(8-4-22)32(34,35)36/h3-4,7-8,18,21,23-25H,1-2,5-6,9-17,19-20H2/t23?,24-,25-,31?. The van der Waals surface area contributed by atoms with E-state index in [4.69, 9.17) is 16.3 Å². The van der Waals surface area contributed by atoms with Crippen LogP contribution >= 0.6 is 11.6 Å². The SMILES string of the molecule is O=C1OC2(CCC(Cc3ccc(C(F)(F)F)cc3)CC2)CN1C[C@H]1CC[C@H](C(=O)N2CCN(c3cc(Cl)ncn3)CC2)CC1. The van der Waals surface area contributed by atoms with Gasteiger partial charge in [0.25, 0.3) is 0 Å². The molecular formula is C32H39ClF3N5O3. The van der Waals surface area contributed by atoms with Crippen molar-refractivity contribution < 1.29 is 27.5 Å². The van der Waals surface area contributed by atoms with Crippen LogP contribution in [0.5, 0.6) is 0 Å². The topological polar surface area (TPSA) is 78.9 Å². The molecule has 1 spiro atoms. The van der Waals surface area contributed by atoms with Crippen molar-refractivity contribution in [3.8, 4) is 0 Å². The summed E-state index contributed by atoms with van der Waals surface area (Å²) in [6, 6.07) is 7.20. The molecule has 0 unspecified atom stereocenters. The number of amides is 2. The van der Waals surface area contributed by atoms with Gasteiger partial charge in [0, 0.05) is 44.7 Å². The summed E-state index contributed by atoms with van der Waals surface area (Å²) in [7, 11) is 0. The van der Waals surface area contributed by atoms with E-state index in [2.05, 4.69) is 14.9 Å². The molecule has 0 atom stereocenters. The maximum absolute atomic E-state index is 13.3. The molecule has 2 aliphatic carbocycles. The number of carbonyl (C=O) groups excluding carboxylic acids is 2. The molecule has 3 heterocycles. The number of anilines is 1. The number of hydrogen-bond donors (Lipinski definition) is 0. The third-order valence-electron chi connectivity index (χ3n) is 10.1. The van der Waals surface area contributed by atoms with E-state index in [1.54, 1.807) is 18.2 Å². The number of alkyl halides is 3. The minimum absolute atomic E-state index is 0.0307. The van der Waals surface area contributed by atoms with E-state index in [0.29, 0.717) is 56.3 Å². The molecule has 2 aliphatic heterocycles. The first-order valence-electron chi connectivity index (χ1n) is 15.7. The van der Waals surface area contributed by atoms with Crippen molar-refractivity contribution in [1.82, 2.24) is 19.8 Å². The Morgan fingerprint density at radius 1 is 0.955 bits per heavy atom. The van der Waals surface area contributed by atoms with Crippen LogP contribution < -0.4 is 4.90 Å². The van der Waals surface area contributed by atoms with Crippen molar-refractivity contribution >= 4 is 29.4 Å². The highest BCUT2D eigenvalue weighted by atomic mass is 35.5. The zero-order valence-electron chi connectivity index (χ0n) is 24.8. The van der Waals surface area contributed by atoms with Gasteiger partial charge in [-0.25, -0.2) is 14.8 Å². The van der Waals surface area contributed by atoms with E-state index >= 15 is 0 Å². The molecular weight excluding hydrogens is 595 g/mol. The van der Waals surface area contributed by atoms with Gasteiger partial charge in [-0.3, -0.25) is 4.79 Å². The van der Waals surface area contributed by atoms with Gasteiger partial charge in [0.05, 0.1) is 12.1 Å². The van der Waals surface area contributed by atoms with Gasteiger partial charge in [-0.15, -0.1) is 0 Å². The molecule has 8 nitrogen and oxygen atoms in total. The Labute approximate surface area is 260 Å². The van der Waals surface area contributed by atoms with Crippen LogP contribution in [0.1, 0.15) is 62.5 Å². The number of benzene rings is 1. The van der Waals surface area contributed by atoms with Gasteiger partial charge in [-0.1, -0.05) is 23.7 Å². The first-order chi connectivity index (χ1) is 21.1. The van der Waals surface area contributed by atoms with Crippen molar-refractivity contribution in [2.75, 3.05) is 44.2 Å². The normalized spacial score (nSPS) is 28.0. The van der Waals surface area contributed by atoms with Crippen LogP contribution in [-0.2, 0) is 22.1 Å². The lowest BCUT2D eigenvalue weighted by atomic mass is 9.76. The molecule has 4 aliphatic rings. The molecule has 4 fully saturated rings. The van der Waals surface area contributed by atoms with Gasteiger partial charge in [-0.05, 0) is 87.3 Å². The zero-order chi connectivity index (χ0) is 30.9. The van der Waals surface area contributed by atoms with Crippen LogP contribution in [0.4, 0.5) is 23.8 Å². The number of carbonyl (C=O) groups is 2. The fourth-order valence-corrected chi connectivity index (χ4v) is 7.62. The van der Waals surface area contributed by atoms with Gasteiger partial charge in [0.15, 0.2) is 0 Å². The Hall–Kier alpha value is -3.08. The van der Waals surface area contributed by atoms with Crippen molar-refractivity contribution in [3.63, 3.8) is 0 Å². The molecule has 2 saturated heterocycles. The lowest BCUT2D eigenvalue weighted by Crippen LogP contribution is -2.51. The fraction of sp³-hybridized carbons (Fsp3) is 0.625. The Balaban J connectivity index is 0.921. The Bertz CT molecular complexity index is 1320. The van der Waals surface area contributed by atoms with E-state index in [9.17, 15) is 22.8 Å². The van der Waals surface area contributed by atoms with E-state index < -0.39 is 17.3 Å². The quantitative estimate of drug-likeness (QED) is 0.351. The maximum atomic E-state index is 13.3. The average Bonchev–Trinajstić information content (AvgIpc) is 3.32. The first-order valence-corrected chi connectivity index (χ1v) is 16.1. The smallest absolute Gasteiger partial charge is 0.416 e. The molecule has 2 amide bonds. The second kappa shape index (κ2) is 12.7. The van der Waals surface area contributed by atoms with Crippen LogP contribution in [0.3, 0.4) is 0 Å². The van der Waals surface area contributed by atoms with Crippen molar-refractivity contribution in [3.05, 3.63) is 52.9 Å². The van der Waals surface area contributed by atoms with Gasteiger partial charge in [-0.2, -0.15) is 13.2 Å². The van der Waals surface area contributed by atoms with Gasteiger partial charge < -0.3 is 19.4 Å². The minimum Gasteiger partial charge on any atom is -0.441 e. The number of rotatable bonds is 6. The van der Waals surface area contributed by atoms with Crippen LogP contribution in [0, 0.1) is 17.8 Å².